The lowest BCUT2D eigenvalue weighted by molar-refractivity contribution is -0.119. The van der Waals surface area contributed by atoms with Gasteiger partial charge in [-0.05, 0) is 31.0 Å². The van der Waals surface area contributed by atoms with Crippen LogP contribution in [0.25, 0.3) is 5.95 Å². The third-order valence-electron chi connectivity index (χ3n) is 6.19. The van der Waals surface area contributed by atoms with Crippen molar-refractivity contribution in [3.8, 4) is 17.4 Å². The van der Waals surface area contributed by atoms with Crippen LogP contribution >= 0.6 is 0 Å². The van der Waals surface area contributed by atoms with Gasteiger partial charge < -0.3 is 24.4 Å². The first-order valence-corrected chi connectivity index (χ1v) is 12.2. The zero-order valence-electron chi connectivity index (χ0n) is 20.4. The van der Waals surface area contributed by atoms with Crippen LogP contribution in [-0.4, -0.2) is 89.6 Å². The number of nitrogens with zero attached hydrogens (tertiary/aromatic N) is 6. The lowest BCUT2D eigenvalue weighted by atomic mass is 10.1. The van der Waals surface area contributed by atoms with E-state index in [2.05, 4.69) is 20.2 Å². The molecule has 0 atom stereocenters. The van der Waals surface area contributed by atoms with E-state index in [1.165, 1.54) is 0 Å². The second-order valence-corrected chi connectivity index (χ2v) is 8.80. The van der Waals surface area contributed by atoms with Gasteiger partial charge in [-0.25, -0.2) is 9.97 Å². The number of carbonyl (C=O) groups is 1. The molecule has 3 aromatic rings. The summed E-state index contributed by atoms with van der Waals surface area (Å²) in [6, 6.07) is 7.78. The minimum absolute atomic E-state index is 0.0573. The first kappa shape index (κ1) is 24.0. The van der Waals surface area contributed by atoms with E-state index < -0.39 is 0 Å². The van der Waals surface area contributed by atoms with E-state index in [1.807, 2.05) is 36.1 Å². The van der Waals surface area contributed by atoms with Gasteiger partial charge in [0.2, 0.25) is 18.6 Å². The van der Waals surface area contributed by atoms with Gasteiger partial charge in [0.25, 0.3) is 0 Å². The summed E-state index contributed by atoms with van der Waals surface area (Å²) in [6.07, 6.45) is 5.86. The van der Waals surface area contributed by atoms with Crippen molar-refractivity contribution in [1.29, 1.82) is 0 Å². The van der Waals surface area contributed by atoms with Crippen LogP contribution in [0.1, 0.15) is 11.3 Å². The van der Waals surface area contributed by atoms with E-state index in [1.54, 1.807) is 23.3 Å². The van der Waals surface area contributed by atoms with Crippen LogP contribution in [0.4, 0.5) is 5.82 Å². The van der Waals surface area contributed by atoms with Crippen molar-refractivity contribution in [2.24, 2.45) is 0 Å². The maximum absolute atomic E-state index is 13.0. The monoisotopic (exact) mass is 493 g/mol. The summed E-state index contributed by atoms with van der Waals surface area (Å²) in [4.78, 5) is 30.7. The quantitative estimate of drug-likeness (QED) is 0.446. The second-order valence-electron chi connectivity index (χ2n) is 8.80. The van der Waals surface area contributed by atoms with Crippen LogP contribution < -0.4 is 19.7 Å². The minimum atomic E-state index is -0.0573. The molecular weight excluding hydrogens is 462 g/mol. The maximum atomic E-state index is 13.0. The summed E-state index contributed by atoms with van der Waals surface area (Å²) in [5, 5.41) is 3.05. The Morgan fingerprint density at radius 2 is 2.00 bits per heavy atom. The molecule has 11 nitrogen and oxygen atoms in total. The highest BCUT2D eigenvalue weighted by atomic mass is 16.7. The predicted octanol–water partition coefficient (Wildman–Crippen LogP) is 1.20. The molecule has 2 aliphatic rings. The average molecular weight is 494 g/mol. The number of aromatic nitrogens is 4. The number of imidazole rings is 1. The Balaban J connectivity index is 1.24. The highest BCUT2D eigenvalue weighted by Crippen LogP contribution is 2.32. The van der Waals surface area contributed by atoms with Crippen LogP contribution in [0, 0.1) is 6.92 Å². The smallest absolute Gasteiger partial charge is 0.239 e. The average Bonchev–Trinajstić information content (AvgIpc) is 3.59. The Hall–Kier alpha value is -3.70. The fraction of sp³-hybridized carbons (Fsp3) is 0.440. The van der Waals surface area contributed by atoms with E-state index in [4.69, 9.17) is 19.2 Å². The number of amides is 1. The van der Waals surface area contributed by atoms with Gasteiger partial charge in [0.15, 0.2) is 11.5 Å². The van der Waals surface area contributed by atoms with E-state index >= 15 is 0 Å². The van der Waals surface area contributed by atoms with Crippen molar-refractivity contribution in [2.75, 3.05) is 64.2 Å². The summed E-state index contributed by atoms with van der Waals surface area (Å²) in [6.45, 7) is 7.63. The molecule has 0 aliphatic carbocycles. The summed E-state index contributed by atoms with van der Waals surface area (Å²) < 4.78 is 18.0. The number of hydrogen-bond donors (Lipinski definition) is 1. The number of benzene rings is 1. The van der Waals surface area contributed by atoms with Crippen molar-refractivity contribution in [1.82, 2.24) is 29.7 Å². The molecule has 190 valence electrons. The molecule has 2 aliphatic heterocycles. The Kier molecular flexibility index (Phi) is 7.58. The van der Waals surface area contributed by atoms with Gasteiger partial charge in [0.1, 0.15) is 12.1 Å². The third kappa shape index (κ3) is 6.10. The number of hydrogen-bond acceptors (Lipinski definition) is 9. The van der Waals surface area contributed by atoms with Crippen LogP contribution in [0.5, 0.6) is 11.5 Å². The topological polar surface area (TPSA) is 107 Å². The van der Waals surface area contributed by atoms with E-state index in [9.17, 15) is 4.79 Å². The van der Waals surface area contributed by atoms with Gasteiger partial charge >= 0.3 is 0 Å². The molecule has 0 bridgehead atoms. The maximum Gasteiger partial charge on any atom is 0.239 e. The standard InChI is InChI=1S/C25H31N7O4/c1-19-14-23(29-25(28-19)32-7-6-26-17-32)31(9-8-30-10-12-34-13-11-30)16-24(33)27-5-4-20-2-3-21-22(15-20)36-18-35-21/h2-3,6-7,14-15,17H,4-5,8-13,16,18H2,1H3,(H,27,33). The van der Waals surface area contributed by atoms with Crippen molar-refractivity contribution in [2.45, 2.75) is 13.3 Å². The molecule has 1 fully saturated rings. The van der Waals surface area contributed by atoms with Crippen LogP contribution in [-0.2, 0) is 16.0 Å². The molecule has 1 amide bonds. The second kappa shape index (κ2) is 11.4. The van der Waals surface area contributed by atoms with Crippen LogP contribution in [0.2, 0.25) is 0 Å². The fourth-order valence-corrected chi connectivity index (χ4v) is 4.22. The molecule has 0 unspecified atom stereocenters. The number of fused-ring (bicyclic) bond motifs is 1. The number of anilines is 1. The molecule has 2 aromatic heterocycles. The predicted molar refractivity (Wildman–Crippen MR) is 133 cm³/mol. The molecule has 0 spiro atoms. The van der Waals surface area contributed by atoms with Crippen molar-refractivity contribution < 1.29 is 19.0 Å². The molecule has 1 saturated heterocycles. The van der Waals surface area contributed by atoms with Crippen molar-refractivity contribution >= 4 is 11.7 Å². The van der Waals surface area contributed by atoms with Crippen LogP contribution in [0.15, 0.2) is 43.0 Å². The number of aryl methyl sites for hydroxylation is 1. The molecule has 0 radical (unpaired) electrons. The Morgan fingerprint density at radius 1 is 1.14 bits per heavy atom. The number of ether oxygens (including phenoxy) is 3. The van der Waals surface area contributed by atoms with Gasteiger partial charge in [-0.15, -0.1) is 0 Å². The van der Waals surface area contributed by atoms with Crippen molar-refractivity contribution in [3.63, 3.8) is 0 Å². The van der Waals surface area contributed by atoms with Gasteiger partial charge in [0, 0.05) is 56.9 Å². The minimum Gasteiger partial charge on any atom is -0.454 e. The normalized spacial score (nSPS) is 15.1. The van der Waals surface area contributed by atoms with Gasteiger partial charge in [-0.2, -0.15) is 4.98 Å². The zero-order valence-corrected chi connectivity index (χ0v) is 20.4. The summed E-state index contributed by atoms with van der Waals surface area (Å²) in [7, 11) is 0. The first-order chi connectivity index (χ1) is 17.6. The van der Waals surface area contributed by atoms with E-state index in [0.717, 1.165) is 55.6 Å². The molecule has 5 rings (SSSR count). The summed E-state index contributed by atoms with van der Waals surface area (Å²) in [5.41, 5.74) is 1.91. The van der Waals surface area contributed by atoms with Crippen molar-refractivity contribution in [3.05, 3.63) is 54.2 Å². The molecular formula is C25H31N7O4. The first-order valence-electron chi connectivity index (χ1n) is 12.2. The van der Waals surface area contributed by atoms with Gasteiger partial charge in [-0.1, -0.05) is 6.07 Å². The molecule has 1 N–H and O–H groups in total. The SMILES string of the molecule is Cc1cc(N(CCN2CCOCC2)CC(=O)NCCc2ccc3c(c2)OCO3)nc(-n2ccnc2)n1. The Labute approximate surface area is 210 Å². The zero-order chi connectivity index (χ0) is 24.7. The molecule has 0 saturated carbocycles. The van der Waals surface area contributed by atoms with E-state index in [-0.39, 0.29) is 19.2 Å². The number of nitrogens with one attached hydrogen (secondary N) is 1. The highest BCUT2D eigenvalue weighted by molar-refractivity contribution is 5.81. The highest BCUT2D eigenvalue weighted by Gasteiger charge is 2.18. The number of carbonyl (C=O) groups excluding carboxylic acids is 1. The number of rotatable bonds is 10. The largest absolute Gasteiger partial charge is 0.454 e. The number of morpholine rings is 1. The van der Waals surface area contributed by atoms with Gasteiger partial charge in [-0.3, -0.25) is 14.3 Å². The Morgan fingerprint density at radius 3 is 2.83 bits per heavy atom. The van der Waals surface area contributed by atoms with Crippen LogP contribution in [0.3, 0.4) is 0 Å². The molecule has 36 heavy (non-hydrogen) atoms. The lowest BCUT2D eigenvalue weighted by Gasteiger charge is -2.30. The summed E-state index contributed by atoms with van der Waals surface area (Å²) in [5.74, 6) is 2.69. The molecule has 1 aromatic carbocycles. The fourth-order valence-electron chi connectivity index (χ4n) is 4.22. The van der Waals surface area contributed by atoms with E-state index in [0.29, 0.717) is 31.3 Å². The summed E-state index contributed by atoms with van der Waals surface area (Å²) >= 11 is 0. The van der Waals surface area contributed by atoms with Gasteiger partial charge in [0.05, 0.1) is 19.8 Å². The third-order valence-corrected chi connectivity index (χ3v) is 6.19. The Bertz CT molecular complexity index is 1170. The molecule has 4 heterocycles. The lowest BCUT2D eigenvalue weighted by Crippen LogP contribution is -2.45. The molecule has 11 heteroatoms.